The molecule has 0 aliphatic carbocycles. The summed E-state index contributed by atoms with van der Waals surface area (Å²) in [4.78, 5) is 28.9. The Balaban J connectivity index is 1.49. The van der Waals surface area contributed by atoms with E-state index in [-0.39, 0.29) is 24.0 Å². The van der Waals surface area contributed by atoms with Crippen LogP contribution in [0.15, 0.2) is 24.3 Å². The Labute approximate surface area is 149 Å². The third kappa shape index (κ3) is 4.38. The SMILES string of the molecule is Cc1cccc(NC(=O)[C@@H](C)N2CCN(C(=O)[C@H]3CCCO3)CC2)c1. The number of nitrogens with zero attached hydrogens (tertiary/aromatic N) is 2. The van der Waals surface area contributed by atoms with Crippen molar-refractivity contribution >= 4 is 17.5 Å². The molecule has 2 saturated heterocycles. The number of piperazine rings is 1. The van der Waals surface area contributed by atoms with Crippen LogP contribution in [-0.4, -0.2) is 66.5 Å². The van der Waals surface area contributed by atoms with Crippen LogP contribution in [0.25, 0.3) is 0 Å². The highest BCUT2D eigenvalue weighted by atomic mass is 16.5. The summed E-state index contributed by atoms with van der Waals surface area (Å²) in [5, 5.41) is 2.98. The molecular weight excluding hydrogens is 318 g/mol. The standard InChI is InChI=1S/C19H27N3O3/c1-14-5-3-6-16(13-14)20-18(23)15(2)21-8-10-22(11-9-21)19(24)17-7-4-12-25-17/h3,5-6,13,15,17H,4,7-12H2,1-2H3,(H,20,23)/t15-,17-/m1/s1. The van der Waals surface area contributed by atoms with E-state index < -0.39 is 0 Å². The molecule has 1 N–H and O–H groups in total. The fourth-order valence-electron chi connectivity index (χ4n) is 3.44. The molecule has 0 unspecified atom stereocenters. The topological polar surface area (TPSA) is 61.9 Å². The van der Waals surface area contributed by atoms with Crippen LogP contribution in [0.2, 0.25) is 0 Å². The average molecular weight is 345 g/mol. The van der Waals surface area contributed by atoms with Crippen LogP contribution >= 0.6 is 0 Å². The molecular formula is C19H27N3O3. The number of carbonyl (C=O) groups excluding carboxylic acids is 2. The van der Waals surface area contributed by atoms with E-state index in [4.69, 9.17) is 4.74 Å². The first-order chi connectivity index (χ1) is 12.0. The normalized spacial score (nSPS) is 22.6. The Morgan fingerprint density at radius 3 is 2.64 bits per heavy atom. The van der Waals surface area contributed by atoms with Gasteiger partial charge in [0.2, 0.25) is 5.91 Å². The lowest BCUT2D eigenvalue weighted by molar-refractivity contribution is -0.143. The highest BCUT2D eigenvalue weighted by molar-refractivity contribution is 5.94. The van der Waals surface area contributed by atoms with Gasteiger partial charge in [0, 0.05) is 38.5 Å². The molecule has 2 fully saturated rings. The summed E-state index contributed by atoms with van der Waals surface area (Å²) in [5.74, 6) is 0.0959. The van der Waals surface area contributed by atoms with E-state index in [0.29, 0.717) is 32.8 Å². The Morgan fingerprint density at radius 1 is 1.24 bits per heavy atom. The van der Waals surface area contributed by atoms with Crippen LogP contribution in [0.4, 0.5) is 5.69 Å². The number of carbonyl (C=O) groups is 2. The van der Waals surface area contributed by atoms with E-state index >= 15 is 0 Å². The van der Waals surface area contributed by atoms with Crippen molar-refractivity contribution in [1.82, 2.24) is 9.80 Å². The minimum Gasteiger partial charge on any atom is -0.368 e. The highest BCUT2D eigenvalue weighted by Crippen LogP contribution is 2.17. The first kappa shape index (κ1) is 17.9. The van der Waals surface area contributed by atoms with Gasteiger partial charge in [-0.3, -0.25) is 14.5 Å². The Bertz CT molecular complexity index is 620. The van der Waals surface area contributed by atoms with E-state index in [1.807, 2.05) is 43.0 Å². The molecule has 0 radical (unpaired) electrons. The van der Waals surface area contributed by atoms with Gasteiger partial charge in [-0.05, 0) is 44.4 Å². The Kier molecular flexibility index (Phi) is 5.71. The lowest BCUT2D eigenvalue weighted by Crippen LogP contribution is -2.55. The second-order valence-electron chi connectivity index (χ2n) is 6.90. The first-order valence-electron chi connectivity index (χ1n) is 9.06. The number of ether oxygens (including phenoxy) is 1. The summed E-state index contributed by atoms with van der Waals surface area (Å²) in [5.41, 5.74) is 1.94. The van der Waals surface area contributed by atoms with Gasteiger partial charge in [-0.2, -0.15) is 0 Å². The number of nitrogens with one attached hydrogen (secondary N) is 1. The smallest absolute Gasteiger partial charge is 0.251 e. The summed E-state index contributed by atoms with van der Waals surface area (Å²) in [6.07, 6.45) is 1.54. The summed E-state index contributed by atoms with van der Waals surface area (Å²) < 4.78 is 5.49. The Morgan fingerprint density at radius 2 is 2.00 bits per heavy atom. The molecule has 2 aliphatic rings. The van der Waals surface area contributed by atoms with E-state index in [9.17, 15) is 9.59 Å². The van der Waals surface area contributed by atoms with Gasteiger partial charge in [0.1, 0.15) is 6.10 Å². The van der Waals surface area contributed by atoms with Gasteiger partial charge in [0.05, 0.1) is 6.04 Å². The fourth-order valence-corrected chi connectivity index (χ4v) is 3.44. The minimum atomic E-state index is -0.256. The predicted molar refractivity (Wildman–Crippen MR) is 96.4 cm³/mol. The molecule has 25 heavy (non-hydrogen) atoms. The van der Waals surface area contributed by atoms with Gasteiger partial charge in [0.15, 0.2) is 0 Å². The lowest BCUT2D eigenvalue weighted by Gasteiger charge is -2.38. The summed E-state index contributed by atoms with van der Waals surface area (Å²) in [6, 6.07) is 7.58. The number of benzene rings is 1. The molecule has 0 saturated carbocycles. The van der Waals surface area contributed by atoms with E-state index in [1.54, 1.807) is 0 Å². The van der Waals surface area contributed by atoms with Gasteiger partial charge in [-0.15, -0.1) is 0 Å². The van der Waals surface area contributed by atoms with Crippen LogP contribution in [0, 0.1) is 6.92 Å². The van der Waals surface area contributed by atoms with E-state index in [2.05, 4.69) is 10.2 Å². The molecule has 6 nitrogen and oxygen atoms in total. The van der Waals surface area contributed by atoms with Crippen molar-refractivity contribution < 1.29 is 14.3 Å². The molecule has 1 aromatic carbocycles. The molecule has 6 heteroatoms. The molecule has 2 aliphatic heterocycles. The maximum absolute atomic E-state index is 12.5. The third-order valence-corrected chi connectivity index (χ3v) is 5.04. The summed E-state index contributed by atoms with van der Waals surface area (Å²) >= 11 is 0. The van der Waals surface area contributed by atoms with Crippen LogP contribution in [0.5, 0.6) is 0 Å². The molecule has 0 spiro atoms. The zero-order valence-corrected chi connectivity index (χ0v) is 15.0. The van der Waals surface area contributed by atoms with Crippen LogP contribution in [0.3, 0.4) is 0 Å². The maximum atomic E-state index is 12.5. The van der Waals surface area contributed by atoms with Crippen molar-refractivity contribution in [2.45, 2.75) is 38.8 Å². The highest BCUT2D eigenvalue weighted by Gasteiger charge is 2.32. The fraction of sp³-hybridized carbons (Fsp3) is 0.579. The molecule has 136 valence electrons. The van der Waals surface area contributed by atoms with Crippen molar-refractivity contribution in [3.63, 3.8) is 0 Å². The van der Waals surface area contributed by atoms with Crippen LogP contribution in [-0.2, 0) is 14.3 Å². The largest absolute Gasteiger partial charge is 0.368 e. The zero-order chi connectivity index (χ0) is 17.8. The molecule has 0 bridgehead atoms. The average Bonchev–Trinajstić information content (AvgIpc) is 3.15. The van der Waals surface area contributed by atoms with Crippen molar-refractivity contribution in [3.05, 3.63) is 29.8 Å². The van der Waals surface area contributed by atoms with Crippen molar-refractivity contribution in [2.24, 2.45) is 0 Å². The van der Waals surface area contributed by atoms with Gasteiger partial charge in [0.25, 0.3) is 5.91 Å². The summed E-state index contributed by atoms with van der Waals surface area (Å²) in [7, 11) is 0. The van der Waals surface area contributed by atoms with Crippen molar-refractivity contribution in [1.29, 1.82) is 0 Å². The van der Waals surface area contributed by atoms with Gasteiger partial charge in [-0.25, -0.2) is 0 Å². The molecule has 3 rings (SSSR count). The number of anilines is 1. The lowest BCUT2D eigenvalue weighted by atomic mass is 10.1. The van der Waals surface area contributed by atoms with Gasteiger partial charge in [-0.1, -0.05) is 12.1 Å². The van der Waals surface area contributed by atoms with Gasteiger partial charge >= 0.3 is 0 Å². The molecule has 2 amide bonds. The molecule has 0 aromatic heterocycles. The number of aryl methyl sites for hydroxylation is 1. The zero-order valence-electron chi connectivity index (χ0n) is 15.0. The number of hydrogen-bond acceptors (Lipinski definition) is 4. The van der Waals surface area contributed by atoms with Crippen LogP contribution in [0.1, 0.15) is 25.3 Å². The number of rotatable bonds is 4. The van der Waals surface area contributed by atoms with Gasteiger partial charge < -0.3 is 15.0 Å². The monoisotopic (exact) mass is 345 g/mol. The summed E-state index contributed by atoms with van der Waals surface area (Å²) in [6.45, 7) is 7.34. The first-order valence-corrected chi connectivity index (χ1v) is 9.06. The third-order valence-electron chi connectivity index (χ3n) is 5.04. The molecule has 2 atom stereocenters. The molecule has 2 heterocycles. The van der Waals surface area contributed by atoms with Crippen molar-refractivity contribution in [2.75, 3.05) is 38.1 Å². The van der Waals surface area contributed by atoms with Crippen LogP contribution < -0.4 is 5.32 Å². The maximum Gasteiger partial charge on any atom is 0.251 e. The molecule has 1 aromatic rings. The van der Waals surface area contributed by atoms with Crippen molar-refractivity contribution in [3.8, 4) is 0 Å². The second kappa shape index (κ2) is 7.97. The predicted octanol–water partition coefficient (Wildman–Crippen LogP) is 1.65. The quantitative estimate of drug-likeness (QED) is 0.901. The van der Waals surface area contributed by atoms with E-state index in [0.717, 1.165) is 24.1 Å². The Hall–Kier alpha value is -1.92. The second-order valence-corrected chi connectivity index (χ2v) is 6.90. The number of amides is 2. The number of hydrogen-bond donors (Lipinski definition) is 1. The van der Waals surface area contributed by atoms with E-state index in [1.165, 1.54) is 0 Å². The minimum absolute atomic E-state index is 0.00972.